The number of rotatable bonds is 3. The number of carbonyl (C=O) groups is 1. The molecule has 1 aliphatic rings. The molecule has 1 atom stereocenters. The van der Waals surface area contributed by atoms with Crippen LogP contribution in [0, 0.1) is 11.6 Å². The Bertz CT molecular complexity index is 702. The molecule has 0 aliphatic carbocycles. The van der Waals surface area contributed by atoms with Crippen molar-refractivity contribution in [3.8, 4) is 0 Å². The fourth-order valence-corrected chi connectivity index (χ4v) is 2.86. The van der Waals surface area contributed by atoms with Crippen LogP contribution in [0.2, 0.25) is 0 Å². The first-order chi connectivity index (χ1) is 11.1. The van der Waals surface area contributed by atoms with Crippen LogP contribution in [0.4, 0.5) is 14.5 Å². The molecule has 1 saturated heterocycles. The second-order valence-electron chi connectivity index (χ2n) is 5.71. The number of halogens is 2. The van der Waals surface area contributed by atoms with Gasteiger partial charge in [-0.05, 0) is 36.8 Å². The minimum atomic E-state index is -0.389. The summed E-state index contributed by atoms with van der Waals surface area (Å²) in [6.45, 7) is 3.46. The van der Waals surface area contributed by atoms with Crippen LogP contribution in [0.1, 0.15) is 12.5 Å². The van der Waals surface area contributed by atoms with Gasteiger partial charge in [-0.25, -0.2) is 8.78 Å². The molecular weight excluding hydrogens is 298 g/mol. The zero-order chi connectivity index (χ0) is 16.4. The van der Waals surface area contributed by atoms with Gasteiger partial charge in [0.25, 0.3) is 0 Å². The summed E-state index contributed by atoms with van der Waals surface area (Å²) in [5.41, 5.74) is 1.27. The van der Waals surface area contributed by atoms with Gasteiger partial charge in [0.15, 0.2) is 0 Å². The normalized spacial score (nSPS) is 19.2. The van der Waals surface area contributed by atoms with Gasteiger partial charge in [0.2, 0.25) is 5.91 Å². The summed E-state index contributed by atoms with van der Waals surface area (Å²) in [5, 5.41) is 0. The highest BCUT2D eigenvalue weighted by molar-refractivity contribution is 5.97. The minimum absolute atomic E-state index is 0.122. The van der Waals surface area contributed by atoms with Crippen LogP contribution in [0.25, 0.3) is 0 Å². The van der Waals surface area contributed by atoms with Crippen LogP contribution < -0.4 is 4.90 Å². The zero-order valence-corrected chi connectivity index (χ0v) is 12.9. The van der Waals surface area contributed by atoms with Gasteiger partial charge in [-0.3, -0.25) is 9.69 Å². The largest absolute Gasteiger partial charge is 0.307 e. The highest BCUT2D eigenvalue weighted by atomic mass is 19.1. The summed E-state index contributed by atoms with van der Waals surface area (Å²) in [7, 11) is 0. The lowest BCUT2D eigenvalue weighted by Crippen LogP contribution is -2.55. The fourth-order valence-electron chi connectivity index (χ4n) is 2.86. The van der Waals surface area contributed by atoms with E-state index in [9.17, 15) is 13.6 Å². The molecule has 120 valence electrons. The fraction of sp³-hybridized carbons (Fsp3) is 0.278. The molecule has 2 aromatic rings. The van der Waals surface area contributed by atoms with Crippen LogP contribution in [0.5, 0.6) is 0 Å². The molecule has 1 unspecified atom stereocenters. The van der Waals surface area contributed by atoms with Crippen molar-refractivity contribution < 1.29 is 13.6 Å². The van der Waals surface area contributed by atoms with Gasteiger partial charge < -0.3 is 4.90 Å². The second kappa shape index (κ2) is 6.46. The maximum absolute atomic E-state index is 13.9. The van der Waals surface area contributed by atoms with Crippen LogP contribution in [-0.2, 0) is 11.3 Å². The summed E-state index contributed by atoms with van der Waals surface area (Å²) in [4.78, 5) is 16.1. The molecule has 5 heteroatoms. The lowest BCUT2D eigenvalue weighted by molar-refractivity contribution is -0.125. The molecule has 2 aromatic carbocycles. The number of carbonyl (C=O) groups excluding carboxylic acids is 1. The highest BCUT2D eigenvalue weighted by Crippen LogP contribution is 2.24. The Morgan fingerprint density at radius 3 is 2.43 bits per heavy atom. The molecule has 0 N–H and O–H groups in total. The Morgan fingerprint density at radius 2 is 1.74 bits per heavy atom. The quantitative estimate of drug-likeness (QED) is 0.868. The summed E-state index contributed by atoms with van der Waals surface area (Å²) < 4.78 is 26.9. The van der Waals surface area contributed by atoms with E-state index in [1.54, 1.807) is 30.3 Å². The van der Waals surface area contributed by atoms with Crippen molar-refractivity contribution >= 4 is 11.6 Å². The van der Waals surface area contributed by atoms with Crippen LogP contribution >= 0.6 is 0 Å². The van der Waals surface area contributed by atoms with Gasteiger partial charge >= 0.3 is 0 Å². The number of piperazine rings is 1. The minimum Gasteiger partial charge on any atom is -0.307 e. The van der Waals surface area contributed by atoms with E-state index >= 15 is 0 Å². The summed E-state index contributed by atoms with van der Waals surface area (Å²) in [6, 6.07) is 12.2. The third-order valence-electron chi connectivity index (χ3n) is 4.22. The van der Waals surface area contributed by atoms with Crippen molar-refractivity contribution in [3.05, 3.63) is 65.7 Å². The Labute approximate surface area is 134 Å². The monoisotopic (exact) mass is 316 g/mol. The third kappa shape index (κ3) is 3.24. The van der Waals surface area contributed by atoms with Gasteiger partial charge in [-0.15, -0.1) is 0 Å². The average Bonchev–Trinajstić information content (AvgIpc) is 2.55. The summed E-state index contributed by atoms with van der Waals surface area (Å²) in [6.07, 6.45) is 0. The van der Waals surface area contributed by atoms with Crippen molar-refractivity contribution in [2.75, 3.05) is 18.0 Å². The lowest BCUT2D eigenvalue weighted by Gasteiger charge is -2.39. The topological polar surface area (TPSA) is 23.6 Å². The molecule has 3 nitrogen and oxygen atoms in total. The first-order valence-corrected chi connectivity index (χ1v) is 7.60. The smallest absolute Gasteiger partial charge is 0.244 e. The first kappa shape index (κ1) is 15.6. The maximum atomic E-state index is 13.9. The average molecular weight is 316 g/mol. The van der Waals surface area contributed by atoms with E-state index in [-0.39, 0.29) is 23.6 Å². The first-order valence-electron chi connectivity index (χ1n) is 7.60. The SMILES string of the molecule is CC1C(=O)N(c2ccccc2F)CCN1Cc1ccc(F)cc1. The van der Waals surface area contributed by atoms with E-state index in [1.807, 2.05) is 11.8 Å². The highest BCUT2D eigenvalue weighted by Gasteiger charge is 2.33. The van der Waals surface area contributed by atoms with Gasteiger partial charge in [-0.2, -0.15) is 0 Å². The number of nitrogens with zero attached hydrogens (tertiary/aromatic N) is 2. The molecule has 1 aliphatic heterocycles. The lowest BCUT2D eigenvalue weighted by atomic mass is 10.1. The molecule has 0 aromatic heterocycles. The Kier molecular flexibility index (Phi) is 4.39. The molecule has 0 radical (unpaired) electrons. The van der Waals surface area contributed by atoms with Crippen molar-refractivity contribution in [3.63, 3.8) is 0 Å². The van der Waals surface area contributed by atoms with E-state index in [1.165, 1.54) is 23.1 Å². The van der Waals surface area contributed by atoms with Gasteiger partial charge in [0.05, 0.1) is 11.7 Å². The molecule has 1 amide bonds. The van der Waals surface area contributed by atoms with Crippen molar-refractivity contribution in [2.45, 2.75) is 19.5 Å². The summed E-state index contributed by atoms with van der Waals surface area (Å²) in [5.74, 6) is -0.786. The molecule has 23 heavy (non-hydrogen) atoms. The van der Waals surface area contributed by atoms with Gasteiger partial charge in [0, 0.05) is 19.6 Å². The Balaban J connectivity index is 1.74. The molecule has 3 rings (SSSR count). The molecular formula is C18H18F2N2O. The van der Waals surface area contributed by atoms with Crippen molar-refractivity contribution in [1.82, 2.24) is 4.90 Å². The molecule has 0 saturated carbocycles. The van der Waals surface area contributed by atoms with Crippen LogP contribution in [0.15, 0.2) is 48.5 Å². The molecule has 0 bridgehead atoms. The summed E-state index contributed by atoms with van der Waals surface area (Å²) >= 11 is 0. The van der Waals surface area contributed by atoms with E-state index in [0.717, 1.165) is 5.56 Å². The predicted molar refractivity (Wildman–Crippen MR) is 85.0 cm³/mol. The van der Waals surface area contributed by atoms with Crippen LogP contribution in [0.3, 0.4) is 0 Å². The van der Waals surface area contributed by atoms with Crippen molar-refractivity contribution in [2.24, 2.45) is 0 Å². The van der Waals surface area contributed by atoms with E-state index in [2.05, 4.69) is 0 Å². The Morgan fingerprint density at radius 1 is 1.04 bits per heavy atom. The van der Waals surface area contributed by atoms with Gasteiger partial charge in [-0.1, -0.05) is 24.3 Å². The van der Waals surface area contributed by atoms with E-state index in [0.29, 0.717) is 25.3 Å². The van der Waals surface area contributed by atoms with Gasteiger partial charge in [0.1, 0.15) is 11.6 Å². The van der Waals surface area contributed by atoms with E-state index < -0.39 is 0 Å². The number of benzene rings is 2. The third-order valence-corrected chi connectivity index (χ3v) is 4.22. The van der Waals surface area contributed by atoms with E-state index in [4.69, 9.17) is 0 Å². The van der Waals surface area contributed by atoms with Crippen LogP contribution in [-0.4, -0.2) is 29.9 Å². The number of para-hydroxylation sites is 1. The molecule has 1 fully saturated rings. The predicted octanol–water partition coefficient (Wildman–Crippen LogP) is 3.20. The molecule has 0 spiro atoms. The Hall–Kier alpha value is -2.27. The molecule has 1 heterocycles. The maximum Gasteiger partial charge on any atom is 0.244 e. The second-order valence-corrected chi connectivity index (χ2v) is 5.71. The standard InChI is InChI=1S/C18H18F2N2O/c1-13-18(23)22(17-5-3-2-4-16(17)20)11-10-21(13)12-14-6-8-15(19)9-7-14/h2-9,13H,10-12H2,1H3. The zero-order valence-electron chi connectivity index (χ0n) is 12.9. The number of anilines is 1. The van der Waals surface area contributed by atoms with Crippen molar-refractivity contribution in [1.29, 1.82) is 0 Å². The number of amides is 1. The number of hydrogen-bond donors (Lipinski definition) is 0. The number of hydrogen-bond acceptors (Lipinski definition) is 2.